The Morgan fingerprint density at radius 1 is 1.44 bits per heavy atom. The van der Waals surface area contributed by atoms with Gasteiger partial charge in [0.2, 0.25) is 0 Å². The summed E-state index contributed by atoms with van der Waals surface area (Å²) >= 11 is 0. The minimum Gasteiger partial charge on any atom is -0.493 e. The second-order valence-electron chi connectivity index (χ2n) is 4.36. The summed E-state index contributed by atoms with van der Waals surface area (Å²) in [4.78, 5) is 11.0. The molecule has 0 radical (unpaired) electrons. The van der Waals surface area contributed by atoms with E-state index in [1.54, 1.807) is 0 Å². The van der Waals surface area contributed by atoms with Gasteiger partial charge in [0.05, 0.1) is 13.7 Å². The van der Waals surface area contributed by atoms with E-state index in [0.717, 1.165) is 16.9 Å². The van der Waals surface area contributed by atoms with Gasteiger partial charge in [0, 0.05) is 18.0 Å². The lowest BCUT2D eigenvalue weighted by molar-refractivity contribution is -0.140. The molecule has 0 aliphatic heterocycles. The van der Waals surface area contributed by atoms with Crippen molar-refractivity contribution in [3.8, 4) is 5.75 Å². The fraction of sp³-hybridized carbons (Fsp3) is 0.500. The van der Waals surface area contributed by atoms with Crippen molar-refractivity contribution in [3.63, 3.8) is 0 Å². The van der Waals surface area contributed by atoms with Crippen LogP contribution in [0.2, 0.25) is 0 Å². The third-order valence-corrected chi connectivity index (χ3v) is 2.67. The van der Waals surface area contributed by atoms with Crippen molar-refractivity contribution in [1.82, 2.24) is 0 Å². The van der Waals surface area contributed by atoms with Crippen LogP contribution in [-0.4, -0.2) is 19.7 Å². The number of nitrogens with two attached hydrogens (primary N) is 1. The Labute approximate surface area is 108 Å². The van der Waals surface area contributed by atoms with E-state index in [1.165, 1.54) is 7.11 Å². The van der Waals surface area contributed by atoms with Gasteiger partial charge in [-0.2, -0.15) is 0 Å². The van der Waals surface area contributed by atoms with E-state index >= 15 is 0 Å². The minimum atomic E-state index is -0.213. The van der Waals surface area contributed by atoms with Gasteiger partial charge in [0.15, 0.2) is 0 Å². The zero-order chi connectivity index (χ0) is 13.5. The molecule has 0 amide bonds. The van der Waals surface area contributed by atoms with Crippen LogP contribution in [0.5, 0.6) is 5.75 Å². The number of ether oxygens (including phenoxy) is 2. The molecule has 0 bridgehead atoms. The highest BCUT2D eigenvalue weighted by atomic mass is 16.5. The maximum absolute atomic E-state index is 11.0. The molecule has 0 fully saturated rings. The van der Waals surface area contributed by atoms with Gasteiger partial charge in [0.1, 0.15) is 5.75 Å². The van der Waals surface area contributed by atoms with Gasteiger partial charge in [-0.3, -0.25) is 4.79 Å². The quantitative estimate of drug-likeness (QED) is 0.622. The summed E-state index contributed by atoms with van der Waals surface area (Å²) in [5, 5.41) is 0. The molecule has 18 heavy (non-hydrogen) atoms. The molecule has 1 aromatic carbocycles. The summed E-state index contributed by atoms with van der Waals surface area (Å²) in [5.74, 6) is 0.588. The van der Waals surface area contributed by atoms with Gasteiger partial charge in [0.25, 0.3) is 0 Å². The van der Waals surface area contributed by atoms with E-state index in [2.05, 4.69) is 4.74 Å². The van der Waals surface area contributed by atoms with Crippen LogP contribution in [-0.2, 0) is 9.53 Å². The number of benzene rings is 1. The highest BCUT2D eigenvalue weighted by Gasteiger charge is 2.08. The van der Waals surface area contributed by atoms with Crippen LogP contribution in [0.4, 0.5) is 0 Å². The smallest absolute Gasteiger partial charge is 0.305 e. The van der Waals surface area contributed by atoms with E-state index in [1.807, 2.05) is 32.0 Å². The molecule has 1 atom stereocenters. The van der Waals surface area contributed by atoms with Gasteiger partial charge in [-0.25, -0.2) is 0 Å². The molecular weight excluding hydrogens is 230 g/mol. The number of hydrogen-bond acceptors (Lipinski definition) is 4. The van der Waals surface area contributed by atoms with Crippen molar-refractivity contribution in [2.75, 3.05) is 13.7 Å². The van der Waals surface area contributed by atoms with Crippen LogP contribution >= 0.6 is 0 Å². The molecule has 1 unspecified atom stereocenters. The number of carbonyl (C=O) groups is 1. The molecule has 2 N–H and O–H groups in total. The number of carbonyl (C=O) groups excluding carboxylic acids is 1. The monoisotopic (exact) mass is 251 g/mol. The normalized spacial score (nSPS) is 12.0. The summed E-state index contributed by atoms with van der Waals surface area (Å²) in [6.45, 7) is 4.41. The van der Waals surface area contributed by atoms with Crippen LogP contribution in [0.25, 0.3) is 0 Å². The number of methoxy groups -OCH3 is 1. The molecule has 0 saturated carbocycles. The Morgan fingerprint density at radius 2 is 2.17 bits per heavy atom. The Hall–Kier alpha value is -1.55. The highest BCUT2D eigenvalue weighted by Crippen LogP contribution is 2.25. The highest BCUT2D eigenvalue weighted by molar-refractivity contribution is 5.69. The Bertz CT molecular complexity index is 402. The lowest BCUT2D eigenvalue weighted by atomic mass is 10.1. The Kier molecular flexibility index (Phi) is 5.65. The van der Waals surface area contributed by atoms with Gasteiger partial charge in [-0.15, -0.1) is 0 Å². The van der Waals surface area contributed by atoms with E-state index in [-0.39, 0.29) is 12.0 Å². The zero-order valence-corrected chi connectivity index (χ0v) is 11.2. The van der Waals surface area contributed by atoms with E-state index in [0.29, 0.717) is 19.4 Å². The average Bonchev–Trinajstić information content (AvgIpc) is 2.34. The maximum Gasteiger partial charge on any atom is 0.305 e. The molecule has 0 aliphatic carbocycles. The minimum absolute atomic E-state index is 0.0683. The summed E-state index contributed by atoms with van der Waals surface area (Å²) < 4.78 is 10.3. The predicted molar refractivity (Wildman–Crippen MR) is 70.5 cm³/mol. The zero-order valence-electron chi connectivity index (χ0n) is 11.2. The number of hydrogen-bond donors (Lipinski definition) is 1. The van der Waals surface area contributed by atoms with E-state index in [4.69, 9.17) is 10.5 Å². The van der Waals surface area contributed by atoms with Crippen LogP contribution in [0.3, 0.4) is 0 Å². The molecule has 4 heteroatoms. The molecule has 1 rings (SSSR count). The molecule has 4 nitrogen and oxygen atoms in total. The number of rotatable bonds is 6. The lowest BCUT2D eigenvalue weighted by Gasteiger charge is -2.14. The third-order valence-electron chi connectivity index (χ3n) is 2.67. The fourth-order valence-corrected chi connectivity index (χ4v) is 1.64. The molecular formula is C14H21NO3. The van der Waals surface area contributed by atoms with Crippen molar-refractivity contribution in [2.24, 2.45) is 5.73 Å². The van der Waals surface area contributed by atoms with Crippen LogP contribution in [0.15, 0.2) is 18.2 Å². The molecule has 0 aromatic heterocycles. The maximum atomic E-state index is 11.0. The van der Waals surface area contributed by atoms with Gasteiger partial charge in [-0.05, 0) is 31.9 Å². The molecule has 100 valence electrons. The average molecular weight is 251 g/mol. The second kappa shape index (κ2) is 7.01. The standard InChI is InChI=1S/C14H21NO3/c1-10-6-7-12(11(2)15)13(9-10)18-8-4-5-14(16)17-3/h6-7,9,11H,4-5,8,15H2,1-3H3. The topological polar surface area (TPSA) is 61.5 Å². The van der Waals surface area contributed by atoms with Gasteiger partial charge >= 0.3 is 5.97 Å². The van der Waals surface area contributed by atoms with Gasteiger partial charge < -0.3 is 15.2 Å². The molecule has 0 saturated heterocycles. The molecule has 0 heterocycles. The lowest BCUT2D eigenvalue weighted by Crippen LogP contribution is -2.10. The van der Waals surface area contributed by atoms with Crippen molar-refractivity contribution in [1.29, 1.82) is 0 Å². The van der Waals surface area contributed by atoms with E-state index < -0.39 is 0 Å². The summed E-state index contributed by atoms with van der Waals surface area (Å²) in [6.07, 6.45) is 1.01. The van der Waals surface area contributed by atoms with Crippen molar-refractivity contribution >= 4 is 5.97 Å². The van der Waals surface area contributed by atoms with Crippen LogP contribution < -0.4 is 10.5 Å². The summed E-state index contributed by atoms with van der Waals surface area (Å²) in [6, 6.07) is 5.90. The Morgan fingerprint density at radius 3 is 2.78 bits per heavy atom. The van der Waals surface area contributed by atoms with Crippen molar-refractivity contribution in [2.45, 2.75) is 32.7 Å². The number of aryl methyl sites for hydroxylation is 1. The van der Waals surface area contributed by atoms with Crippen molar-refractivity contribution in [3.05, 3.63) is 29.3 Å². The first-order chi connectivity index (χ1) is 8.54. The SMILES string of the molecule is COC(=O)CCCOc1cc(C)ccc1C(C)N. The molecule has 0 spiro atoms. The van der Waals surface area contributed by atoms with E-state index in [9.17, 15) is 4.79 Å². The largest absolute Gasteiger partial charge is 0.493 e. The number of esters is 1. The van der Waals surface area contributed by atoms with Crippen LogP contribution in [0, 0.1) is 6.92 Å². The third kappa shape index (κ3) is 4.37. The fourth-order valence-electron chi connectivity index (χ4n) is 1.64. The van der Waals surface area contributed by atoms with Crippen LogP contribution in [0.1, 0.15) is 36.9 Å². The van der Waals surface area contributed by atoms with Gasteiger partial charge in [-0.1, -0.05) is 12.1 Å². The molecule has 0 aliphatic rings. The first-order valence-corrected chi connectivity index (χ1v) is 6.10. The summed E-state index contributed by atoms with van der Waals surface area (Å²) in [7, 11) is 1.39. The molecule has 1 aromatic rings. The van der Waals surface area contributed by atoms with Crippen molar-refractivity contribution < 1.29 is 14.3 Å². The second-order valence-corrected chi connectivity index (χ2v) is 4.36. The first kappa shape index (κ1) is 14.5. The summed E-state index contributed by atoms with van der Waals surface area (Å²) in [5.41, 5.74) is 8.00. The first-order valence-electron chi connectivity index (χ1n) is 6.10. The Balaban J connectivity index is 2.55. The predicted octanol–water partition coefficient (Wildman–Crippen LogP) is 2.35.